The van der Waals surface area contributed by atoms with Gasteiger partial charge in [0.2, 0.25) is 0 Å². The van der Waals surface area contributed by atoms with Gasteiger partial charge in [0.1, 0.15) is 5.60 Å². The van der Waals surface area contributed by atoms with Crippen molar-refractivity contribution in [1.82, 2.24) is 9.80 Å². The maximum Gasteiger partial charge on any atom is 0.410 e. The fourth-order valence-electron chi connectivity index (χ4n) is 5.01. The van der Waals surface area contributed by atoms with Crippen LogP contribution in [0.2, 0.25) is 0 Å². The summed E-state index contributed by atoms with van der Waals surface area (Å²) in [4.78, 5) is 17.8. The maximum absolute atomic E-state index is 13.2. The molecule has 3 aliphatic rings. The molecule has 1 amide bonds. The van der Waals surface area contributed by atoms with E-state index < -0.39 is 5.60 Å². The Hall–Kier alpha value is -1.59. The molecule has 3 fully saturated rings. The van der Waals surface area contributed by atoms with Crippen LogP contribution in [-0.2, 0) is 9.47 Å². The summed E-state index contributed by atoms with van der Waals surface area (Å²) in [6.07, 6.45) is 3.81. The molecule has 2 aliphatic carbocycles. The van der Waals surface area contributed by atoms with Crippen LogP contribution >= 0.6 is 0 Å². The quantitative estimate of drug-likeness (QED) is 0.678. The lowest BCUT2D eigenvalue weighted by molar-refractivity contribution is -0.0739. The molecular weight excluding hydrogens is 376 g/mol. The Morgan fingerprint density at radius 3 is 2.37 bits per heavy atom. The van der Waals surface area contributed by atoms with E-state index >= 15 is 0 Å². The van der Waals surface area contributed by atoms with Crippen LogP contribution in [-0.4, -0.2) is 65.9 Å². The third-order valence-corrected chi connectivity index (χ3v) is 6.53. The summed E-state index contributed by atoms with van der Waals surface area (Å²) in [6.45, 7) is 14.0. The molecule has 166 valence electrons. The molecular formula is C25H38N2O3. The van der Waals surface area contributed by atoms with Gasteiger partial charge in [-0.1, -0.05) is 30.3 Å². The molecule has 2 saturated carbocycles. The molecule has 0 radical (unpaired) electrons. The van der Waals surface area contributed by atoms with Gasteiger partial charge in [-0.3, -0.25) is 4.90 Å². The molecule has 1 aromatic carbocycles. The number of carbonyl (C=O) groups is 1. The number of morpholine rings is 1. The SMILES string of the molecule is C[C@@H]1CN(CC2(CN(C(=O)OC(C)(C)C)C3C[C@@H]3c3ccccc3)CC2)C[C@H](C)O1. The third kappa shape index (κ3) is 5.36. The Bertz CT molecular complexity index is 731. The minimum atomic E-state index is -0.474. The standard InChI is InChI=1S/C25H38N2O3/c1-18-14-26(15-19(2)29-18)16-25(11-12-25)17-27(23(28)30-24(3,4)5)22-13-21(22)20-9-7-6-8-10-20/h6-10,18-19,21-22H,11-17H2,1-5H3/t18-,19+,21-,22?/m1/s1. The molecule has 4 atom stereocenters. The van der Waals surface area contributed by atoms with Crippen LogP contribution in [0.4, 0.5) is 4.79 Å². The highest BCUT2D eigenvalue weighted by Crippen LogP contribution is 2.51. The van der Waals surface area contributed by atoms with Gasteiger partial charge in [0.15, 0.2) is 0 Å². The first-order valence-corrected chi connectivity index (χ1v) is 11.6. The van der Waals surface area contributed by atoms with Crippen molar-refractivity contribution in [2.24, 2.45) is 5.41 Å². The number of rotatable bonds is 6. The van der Waals surface area contributed by atoms with E-state index in [2.05, 4.69) is 54.0 Å². The van der Waals surface area contributed by atoms with Gasteiger partial charge in [0.05, 0.1) is 12.2 Å². The first kappa shape index (κ1) is 21.6. The van der Waals surface area contributed by atoms with E-state index in [1.165, 1.54) is 18.4 Å². The fraction of sp³-hybridized carbons (Fsp3) is 0.720. The zero-order valence-electron chi connectivity index (χ0n) is 19.3. The molecule has 1 aliphatic heterocycles. The van der Waals surface area contributed by atoms with Crippen molar-refractivity contribution in [1.29, 1.82) is 0 Å². The van der Waals surface area contributed by atoms with Gasteiger partial charge >= 0.3 is 6.09 Å². The van der Waals surface area contributed by atoms with E-state index in [0.29, 0.717) is 5.92 Å². The van der Waals surface area contributed by atoms with E-state index in [0.717, 1.165) is 32.6 Å². The van der Waals surface area contributed by atoms with Crippen LogP contribution < -0.4 is 0 Å². The number of ether oxygens (including phenoxy) is 2. The Balaban J connectivity index is 1.45. The average Bonchev–Trinajstić information content (AvgIpc) is 3.54. The van der Waals surface area contributed by atoms with Crippen molar-refractivity contribution in [3.63, 3.8) is 0 Å². The van der Waals surface area contributed by atoms with Crippen molar-refractivity contribution in [3.8, 4) is 0 Å². The highest BCUT2D eigenvalue weighted by atomic mass is 16.6. The lowest BCUT2D eigenvalue weighted by atomic mass is 10.0. The summed E-state index contributed by atoms with van der Waals surface area (Å²) in [5.74, 6) is 0.429. The monoisotopic (exact) mass is 414 g/mol. The molecule has 0 bridgehead atoms. The van der Waals surface area contributed by atoms with Crippen molar-refractivity contribution in [3.05, 3.63) is 35.9 Å². The Labute approximate surface area is 181 Å². The third-order valence-electron chi connectivity index (χ3n) is 6.53. The summed E-state index contributed by atoms with van der Waals surface area (Å²) < 4.78 is 11.7. The van der Waals surface area contributed by atoms with Gasteiger partial charge < -0.3 is 14.4 Å². The largest absolute Gasteiger partial charge is 0.444 e. The van der Waals surface area contributed by atoms with Crippen molar-refractivity contribution < 1.29 is 14.3 Å². The lowest BCUT2D eigenvalue weighted by Crippen LogP contribution is -2.50. The molecule has 5 nitrogen and oxygen atoms in total. The highest BCUT2D eigenvalue weighted by molar-refractivity contribution is 5.69. The lowest BCUT2D eigenvalue weighted by Gasteiger charge is -2.38. The second kappa shape index (κ2) is 8.16. The Kier molecular flexibility index (Phi) is 5.88. The van der Waals surface area contributed by atoms with Gasteiger partial charge in [-0.05, 0) is 59.4 Å². The van der Waals surface area contributed by atoms with Crippen molar-refractivity contribution in [2.45, 2.75) is 83.6 Å². The first-order valence-electron chi connectivity index (χ1n) is 11.6. The molecule has 1 saturated heterocycles. The van der Waals surface area contributed by atoms with Crippen molar-refractivity contribution >= 4 is 6.09 Å². The number of hydrogen-bond acceptors (Lipinski definition) is 4. The van der Waals surface area contributed by atoms with Crippen LogP contribution in [0.3, 0.4) is 0 Å². The Morgan fingerprint density at radius 1 is 1.17 bits per heavy atom. The topological polar surface area (TPSA) is 42.0 Å². The van der Waals surface area contributed by atoms with Crippen molar-refractivity contribution in [2.75, 3.05) is 26.2 Å². The fourth-order valence-corrected chi connectivity index (χ4v) is 5.01. The van der Waals surface area contributed by atoms with E-state index in [1.54, 1.807) is 0 Å². The van der Waals surface area contributed by atoms with Gasteiger partial charge in [-0.25, -0.2) is 4.79 Å². The minimum Gasteiger partial charge on any atom is -0.444 e. The highest BCUT2D eigenvalue weighted by Gasteiger charge is 2.52. The summed E-state index contributed by atoms with van der Waals surface area (Å²) in [5, 5.41) is 0. The molecule has 0 spiro atoms. The zero-order chi connectivity index (χ0) is 21.5. The molecule has 0 N–H and O–H groups in total. The van der Waals surface area contributed by atoms with Crippen LogP contribution in [0.1, 0.15) is 65.4 Å². The second-order valence-electron chi connectivity index (χ2n) is 10.9. The molecule has 0 aromatic heterocycles. The summed E-state index contributed by atoms with van der Waals surface area (Å²) >= 11 is 0. The van der Waals surface area contributed by atoms with Crippen LogP contribution in [0.15, 0.2) is 30.3 Å². The van der Waals surface area contributed by atoms with E-state index in [4.69, 9.17) is 9.47 Å². The van der Waals surface area contributed by atoms with Crippen LogP contribution in [0.25, 0.3) is 0 Å². The molecule has 1 heterocycles. The summed E-state index contributed by atoms with van der Waals surface area (Å²) in [6, 6.07) is 10.8. The van der Waals surface area contributed by atoms with Gasteiger partial charge in [-0.15, -0.1) is 0 Å². The van der Waals surface area contributed by atoms with Crippen LogP contribution in [0.5, 0.6) is 0 Å². The predicted octanol–water partition coefficient (Wildman–Crippen LogP) is 4.67. The smallest absolute Gasteiger partial charge is 0.410 e. The van der Waals surface area contributed by atoms with Gasteiger partial charge in [0, 0.05) is 43.6 Å². The number of amides is 1. The van der Waals surface area contributed by atoms with E-state index in [1.807, 2.05) is 20.8 Å². The van der Waals surface area contributed by atoms with E-state index in [-0.39, 0.29) is 29.8 Å². The summed E-state index contributed by atoms with van der Waals surface area (Å²) in [7, 11) is 0. The normalized spacial score (nSPS) is 30.6. The molecule has 1 unspecified atom stereocenters. The number of nitrogens with zero attached hydrogens (tertiary/aromatic N) is 2. The maximum atomic E-state index is 13.2. The number of carbonyl (C=O) groups excluding carboxylic acids is 1. The summed E-state index contributed by atoms with van der Waals surface area (Å²) in [5.41, 5.74) is 1.06. The molecule has 5 heteroatoms. The Morgan fingerprint density at radius 2 is 1.80 bits per heavy atom. The number of hydrogen-bond donors (Lipinski definition) is 0. The average molecular weight is 415 g/mol. The number of benzene rings is 1. The second-order valence-corrected chi connectivity index (χ2v) is 10.9. The predicted molar refractivity (Wildman–Crippen MR) is 119 cm³/mol. The molecule has 1 aromatic rings. The van der Waals surface area contributed by atoms with Gasteiger partial charge in [0.25, 0.3) is 0 Å². The van der Waals surface area contributed by atoms with Gasteiger partial charge in [-0.2, -0.15) is 0 Å². The zero-order valence-corrected chi connectivity index (χ0v) is 19.3. The first-order chi connectivity index (χ1) is 14.1. The minimum absolute atomic E-state index is 0.152. The van der Waals surface area contributed by atoms with Crippen LogP contribution in [0, 0.1) is 5.41 Å². The van der Waals surface area contributed by atoms with E-state index in [9.17, 15) is 4.79 Å². The molecule has 30 heavy (non-hydrogen) atoms. The molecule has 4 rings (SSSR count).